The number of hydrogen-bond donors (Lipinski definition) is 1. The summed E-state index contributed by atoms with van der Waals surface area (Å²) in [5.41, 5.74) is 1.33. The average molecular weight is 289 g/mol. The van der Waals surface area contributed by atoms with E-state index in [1.165, 1.54) is 18.4 Å². The van der Waals surface area contributed by atoms with E-state index >= 15 is 0 Å². The maximum Gasteiger partial charge on any atom is 0.246 e. The molecule has 1 saturated carbocycles. The number of carbonyl (C=O) groups is 1. The van der Waals surface area contributed by atoms with Crippen LogP contribution in [0.3, 0.4) is 0 Å². The van der Waals surface area contributed by atoms with Crippen LogP contribution < -0.4 is 5.32 Å². The first kappa shape index (κ1) is 16.0. The lowest BCUT2D eigenvalue weighted by Crippen LogP contribution is -2.35. The summed E-state index contributed by atoms with van der Waals surface area (Å²) in [6.07, 6.45) is 3.52. The van der Waals surface area contributed by atoms with Gasteiger partial charge in [0.05, 0.1) is 6.61 Å². The van der Waals surface area contributed by atoms with Crippen molar-refractivity contribution in [3.8, 4) is 0 Å². The van der Waals surface area contributed by atoms with Gasteiger partial charge in [0.25, 0.3) is 0 Å². The van der Waals surface area contributed by atoms with Crippen molar-refractivity contribution in [2.45, 2.75) is 33.1 Å². The number of ether oxygens (including phenoxy) is 1. The van der Waals surface area contributed by atoms with Gasteiger partial charge >= 0.3 is 0 Å². The van der Waals surface area contributed by atoms with Crippen molar-refractivity contribution in [3.63, 3.8) is 0 Å². The standard InChI is InChI=1S/C18H27NO2/c1-14(2)17(10-15-6-4-3-5-7-15)11-19-18(20)13-21-12-16-8-9-16/h3-7,14,16-17H,8-13H2,1-2H3,(H,19,20)/t17-/m1/s1. The van der Waals surface area contributed by atoms with E-state index in [-0.39, 0.29) is 12.5 Å². The Morgan fingerprint density at radius 3 is 2.62 bits per heavy atom. The molecule has 1 aromatic rings. The predicted molar refractivity (Wildman–Crippen MR) is 85.0 cm³/mol. The molecule has 0 saturated heterocycles. The van der Waals surface area contributed by atoms with E-state index in [9.17, 15) is 4.79 Å². The first-order chi connectivity index (χ1) is 10.1. The monoisotopic (exact) mass is 289 g/mol. The molecule has 0 heterocycles. The highest BCUT2D eigenvalue weighted by atomic mass is 16.5. The van der Waals surface area contributed by atoms with Gasteiger partial charge in [0.2, 0.25) is 5.91 Å². The van der Waals surface area contributed by atoms with Gasteiger partial charge in [-0.3, -0.25) is 4.79 Å². The number of rotatable bonds is 9. The molecule has 1 aromatic carbocycles. The van der Waals surface area contributed by atoms with E-state index in [1.54, 1.807) is 0 Å². The van der Waals surface area contributed by atoms with Gasteiger partial charge in [0, 0.05) is 6.54 Å². The van der Waals surface area contributed by atoms with Gasteiger partial charge in [0.1, 0.15) is 6.61 Å². The van der Waals surface area contributed by atoms with Crippen LogP contribution in [-0.2, 0) is 16.0 Å². The third-order valence-electron chi connectivity index (χ3n) is 4.13. The first-order valence-electron chi connectivity index (χ1n) is 8.03. The maximum absolute atomic E-state index is 11.8. The summed E-state index contributed by atoms with van der Waals surface area (Å²) < 4.78 is 5.42. The van der Waals surface area contributed by atoms with E-state index in [2.05, 4.69) is 43.4 Å². The molecule has 0 aliphatic heterocycles. The third-order valence-corrected chi connectivity index (χ3v) is 4.13. The lowest BCUT2D eigenvalue weighted by Gasteiger charge is -2.21. The minimum atomic E-state index is 0.00867. The zero-order valence-electron chi connectivity index (χ0n) is 13.2. The Morgan fingerprint density at radius 2 is 2.00 bits per heavy atom. The van der Waals surface area contributed by atoms with Gasteiger partial charge in [-0.15, -0.1) is 0 Å². The fourth-order valence-electron chi connectivity index (χ4n) is 2.36. The molecule has 116 valence electrons. The number of hydrogen-bond acceptors (Lipinski definition) is 2. The number of benzene rings is 1. The average Bonchev–Trinajstić information content (AvgIpc) is 3.28. The molecule has 3 nitrogen and oxygen atoms in total. The predicted octanol–water partition coefficient (Wildman–Crippen LogP) is 3.04. The van der Waals surface area contributed by atoms with Crippen LogP contribution in [0.4, 0.5) is 0 Å². The van der Waals surface area contributed by atoms with E-state index in [0.717, 1.165) is 19.6 Å². The lowest BCUT2D eigenvalue weighted by atomic mass is 9.89. The second-order valence-electron chi connectivity index (χ2n) is 6.46. The summed E-state index contributed by atoms with van der Waals surface area (Å²) >= 11 is 0. The normalized spacial score (nSPS) is 16.0. The van der Waals surface area contributed by atoms with Crippen molar-refractivity contribution in [3.05, 3.63) is 35.9 Å². The second kappa shape index (κ2) is 8.18. The van der Waals surface area contributed by atoms with Crippen molar-refractivity contribution < 1.29 is 9.53 Å². The summed E-state index contributed by atoms with van der Waals surface area (Å²) in [4.78, 5) is 11.8. The molecule has 0 radical (unpaired) electrons. The maximum atomic E-state index is 11.8. The largest absolute Gasteiger partial charge is 0.371 e. The second-order valence-corrected chi connectivity index (χ2v) is 6.46. The molecule has 1 aliphatic rings. The fraction of sp³-hybridized carbons (Fsp3) is 0.611. The van der Waals surface area contributed by atoms with Crippen LogP contribution in [0.2, 0.25) is 0 Å². The molecule has 0 aromatic heterocycles. The van der Waals surface area contributed by atoms with Gasteiger partial charge in [-0.2, -0.15) is 0 Å². The topological polar surface area (TPSA) is 38.3 Å². The highest BCUT2D eigenvalue weighted by Crippen LogP contribution is 2.28. The number of nitrogens with one attached hydrogen (secondary N) is 1. The fourth-order valence-corrected chi connectivity index (χ4v) is 2.36. The molecule has 3 heteroatoms. The molecule has 2 rings (SSSR count). The SMILES string of the molecule is CC(C)[C@@H](CNC(=O)COCC1CC1)Cc1ccccc1. The van der Waals surface area contributed by atoms with Gasteiger partial charge in [-0.1, -0.05) is 44.2 Å². The molecule has 21 heavy (non-hydrogen) atoms. The minimum absolute atomic E-state index is 0.00867. The van der Waals surface area contributed by atoms with E-state index in [0.29, 0.717) is 17.8 Å². The van der Waals surface area contributed by atoms with Crippen LogP contribution in [-0.4, -0.2) is 25.7 Å². The molecule has 1 amide bonds. The van der Waals surface area contributed by atoms with E-state index in [1.807, 2.05) is 6.07 Å². The highest BCUT2D eigenvalue weighted by molar-refractivity contribution is 5.77. The van der Waals surface area contributed by atoms with Crippen LogP contribution in [0.15, 0.2) is 30.3 Å². The summed E-state index contributed by atoms with van der Waals surface area (Å²) in [7, 11) is 0. The van der Waals surface area contributed by atoms with Crippen molar-refractivity contribution >= 4 is 5.91 Å². The van der Waals surface area contributed by atoms with Crippen LogP contribution >= 0.6 is 0 Å². The molecular weight excluding hydrogens is 262 g/mol. The van der Waals surface area contributed by atoms with Gasteiger partial charge in [0.15, 0.2) is 0 Å². The van der Waals surface area contributed by atoms with Crippen molar-refractivity contribution in [1.82, 2.24) is 5.32 Å². The minimum Gasteiger partial charge on any atom is -0.371 e. The van der Waals surface area contributed by atoms with Crippen LogP contribution in [0, 0.1) is 17.8 Å². The van der Waals surface area contributed by atoms with Crippen molar-refractivity contribution in [1.29, 1.82) is 0 Å². The third kappa shape index (κ3) is 6.30. The molecule has 0 unspecified atom stereocenters. The molecule has 0 spiro atoms. The van der Waals surface area contributed by atoms with Gasteiger partial charge in [-0.25, -0.2) is 0 Å². The number of carbonyl (C=O) groups excluding carboxylic acids is 1. The molecule has 1 atom stereocenters. The van der Waals surface area contributed by atoms with Crippen molar-refractivity contribution in [2.75, 3.05) is 19.8 Å². The van der Waals surface area contributed by atoms with Crippen LogP contribution in [0.1, 0.15) is 32.3 Å². The van der Waals surface area contributed by atoms with Crippen LogP contribution in [0.5, 0.6) is 0 Å². The summed E-state index contributed by atoms with van der Waals surface area (Å²) in [6, 6.07) is 10.5. The first-order valence-corrected chi connectivity index (χ1v) is 8.03. The Balaban J connectivity index is 1.70. The Bertz CT molecular complexity index is 426. The molecular formula is C18H27NO2. The van der Waals surface area contributed by atoms with Gasteiger partial charge in [-0.05, 0) is 42.6 Å². The Kier molecular flexibility index (Phi) is 6.24. The summed E-state index contributed by atoms with van der Waals surface area (Å²) in [5, 5.41) is 3.01. The lowest BCUT2D eigenvalue weighted by molar-refractivity contribution is -0.126. The number of amides is 1. The zero-order chi connectivity index (χ0) is 15.1. The van der Waals surface area contributed by atoms with Crippen molar-refractivity contribution in [2.24, 2.45) is 17.8 Å². The summed E-state index contributed by atoms with van der Waals surface area (Å²) in [6.45, 7) is 6.09. The Hall–Kier alpha value is -1.35. The van der Waals surface area contributed by atoms with Crippen LogP contribution in [0.25, 0.3) is 0 Å². The Labute approximate surface area is 128 Å². The summed E-state index contributed by atoms with van der Waals surface area (Å²) in [5.74, 6) is 1.71. The van der Waals surface area contributed by atoms with E-state index < -0.39 is 0 Å². The van der Waals surface area contributed by atoms with Gasteiger partial charge < -0.3 is 10.1 Å². The smallest absolute Gasteiger partial charge is 0.246 e. The molecule has 1 N–H and O–H groups in total. The molecule has 1 fully saturated rings. The highest BCUT2D eigenvalue weighted by Gasteiger charge is 2.21. The Morgan fingerprint density at radius 1 is 1.29 bits per heavy atom. The molecule has 0 bridgehead atoms. The molecule has 1 aliphatic carbocycles. The van der Waals surface area contributed by atoms with E-state index in [4.69, 9.17) is 4.74 Å². The quantitative estimate of drug-likeness (QED) is 0.759. The zero-order valence-corrected chi connectivity index (χ0v) is 13.2.